The molecule has 0 atom stereocenters. The van der Waals surface area contributed by atoms with Crippen LogP contribution in [-0.2, 0) is 14.8 Å². The predicted octanol–water partition coefficient (Wildman–Crippen LogP) is 1.36. The number of likely N-dealkylation sites (N-methyl/N-ethyl adjacent to an activating group) is 1. The lowest BCUT2D eigenvalue weighted by atomic mass is 10.3. The van der Waals surface area contributed by atoms with Gasteiger partial charge in [0.15, 0.2) is 0 Å². The quantitative estimate of drug-likeness (QED) is 0.907. The smallest absolute Gasteiger partial charge is 0.243 e. The molecule has 22 heavy (non-hydrogen) atoms. The van der Waals surface area contributed by atoms with E-state index in [1.165, 1.54) is 10.4 Å². The van der Waals surface area contributed by atoms with Crippen LogP contribution in [-0.4, -0.2) is 56.8 Å². The molecule has 0 radical (unpaired) electrons. The molecule has 1 aromatic carbocycles. The van der Waals surface area contributed by atoms with Gasteiger partial charge in [0.1, 0.15) is 0 Å². The van der Waals surface area contributed by atoms with Gasteiger partial charge in [-0.25, -0.2) is 8.42 Å². The number of hydrogen-bond donors (Lipinski definition) is 1. The molecule has 6 nitrogen and oxygen atoms in total. The fourth-order valence-electron chi connectivity index (χ4n) is 2.40. The second-order valence-corrected chi connectivity index (χ2v) is 7.43. The molecular weight excluding hydrogens is 302 g/mol. The number of benzene rings is 1. The van der Waals surface area contributed by atoms with Crippen molar-refractivity contribution in [2.75, 3.05) is 38.5 Å². The van der Waals surface area contributed by atoms with E-state index in [-0.39, 0.29) is 10.8 Å². The van der Waals surface area contributed by atoms with E-state index in [9.17, 15) is 13.2 Å². The molecule has 1 amide bonds. The molecule has 1 aliphatic rings. The van der Waals surface area contributed by atoms with Crippen molar-refractivity contribution in [1.82, 2.24) is 9.21 Å². The minimum absolute atomic E-state index is 0.133. The highest BCUT2D eigenvalue weighted by molar-refractivity contribution is 7.89. The molecule has 1 heterocycles. The summed E-state index contributed by atoms with van der Waals surface area (Å²) in [6.07, 6.45) is 1.18. The minimum Gasteiger partial charge on any atom is -0.326 e. The number of sulfonamides is 1. The highest BCUT2D eigenvalue weighted by Gasteiger charge is 2.26. The van der Waals surface area contributed by atoms with Crippen molar-refractivity contribution >= 4 is 21.6 Å². The number of carbonyl (C=O) groups is 1. The average molecular weight is 325 g/mol. The number of hydrogen-bond acceptors (Lipinski definition) is 4. The van der Waals surface area contributed by atoms with E-state index in [0.717, 1.165) is 19.5 Å². The average Bonchev–Trinajstić information content (AvgIpc) is 2.72. The number of rotatable bonds is 4. The zero-order chi connectivity index (χ0) is 16.2. The largest absolute Gasteiger partial charge is 0.326 e. The Morgan fingerprint density at radius 2 is 2.00 bits per heavy atom. The van der Waals surface area contributed by atoms with Gasteiger partial charge in [-0.1, -0.05) is 13.0 Å². The van der Waals surface area contributed by atoms with Crippen LogP contribution in [0.5, 0.6) is 0 Å². The zero-order valence-electron chi connectivity index (χ0n) is 13.1. The van der Waals surface area contributed by atoms with Crippen LogP contribution in [0.1, 0.15) is 19.8 Å². The molecule has 122 valence electrons. The van der Waals surface area contributed by atoms with Crippen molar-refractivity contribution in [2.45, 2.75) is 24.7 Å². The van der Waals surface area contributed by atoms with Crippen LogP contribution in [0, 0.1) is 0 Å². The zero-order valence-corrected chi connectivity index (χ0v) is 13.9. The Morgan fingerprint density at radius 1 is 1.23 bits per heavy atom. The van der Waals surface area contributed by atoms with Crippen molar-refractivity contribution in [2.24, 2.45) is 0 Å². The Hall–Kier alpha value is -1.44. The van der Waals surface area contributed by atoms with Crippen LogP contribution < -0.4 is 5.32 Å². The minimum atomic E-state index is -3.52. The van der Waals surface area contributed by atoms with Crippen LogP contribution >= 0.6 is 0 Å². The summed E-state index contributed by atoms with van der Waals surface area (Å²) in [5.74, 6) is -0.133. The summed E-state index contributed by atoms with van der Waals surface area (Å²) in [5.41, 5.74) is 0.514. The highest BCUT2D eigenvalue weighted by atomic mass is 32.2. The SMILES string of the molecule is CCC(=O)Nc1cccc(S(=O)(=O)N2CCCN(C)CC2)c1. The normalized spacial score (nSPS) is 17.9. The van der Waals surface area contributed by atoms with Crippen molar-refractivity contribution in [3.8, 4) is 0 Å². The van der Waals surface area contributed by atoms with Gasteiger partial charge in [0.2, 0.25) is 15.9 Å². The van der Waals surface area contributed by atoms with E-state index in [1.807, 2.05) is 7.05 Å². The van der Waals surface area contributed by atoms with E-state index < -0.39 is 10.0 Å². The molecule has 0 bridgehead atoms. The topological polar surface area (TPSA) is 69.7 Å². The first-order valence-corrected chi connectivity index (χ1v) is 8.96. The van der Waals surface area contributed by atoms with E-state index in [4.69, 9.17) is 0 Å². The molecule has 1 aromatic rings. The Bertz CT molecular complexity index is 631. The van der Waals surface area contributed by atoms with Crippen LogP contribution in [0.2, 0.25) is 0 Å². The van der Waals surface area contributed by atoms with Crippen molar-refractivity contribution in [1.29, 1.82) is 0 Å². The molecular formula is C15H23N3O3S. The van der Waals surface area contributed by atoms with E-state index >= 15 is 0 Å². The molecule has 2 rings (SSSR count). The van der Waals surface area contributed by atoms with Gasteiger partial charge in [0.25, 0.3) is 0 Å². The number of nitrogens with zero attached hydrogens (tertiary/aromatic N) is 2. The molecule has 7 heteroatoms. The summed E-state index contributed by atoms with van der Waals surface area (Å²) in [5, 5.41) is 2.70. The van der Waals surface area contributed by atoms with Crippen LogP contribution in [0.4, 0.5) is 5.69 Å². The fourth-order valence-corrected chi connectivity index (χ4v) is 3.91. The number of anilines is 1. The summed E-state index contributed by atoms with van der Waals surface area (Å²) in [7, 11) is -1.52. The third kappa shape index (κ3) is 4.06. The standard InChI is InChI=1S/C15H23N3O3S/c1-3-15(19)16-13-6-4-7-14(12-13)22(20,21)18-9-5-8-17(2)10-11-18/h4,6-7,12H,3,5,8-11H2,1-2H3,(H,16,19). The van der Waals surface area contributed by atoms with Gasteiger partial charge >= 0.3 is 0 Å². The Morgan fingerprint density at radius 3 is 2.73 bits per heavy atom. The molecule has 1 aliphatic heterocycles. The summed E-state index contributed by atoms with van der Waals surface area (Å²) in [6.45, 7) is 4.40. The first-order valence-electron chi connectivity index (χ1n) is 7.52. The van der Waals surface area contributed by atoms with Crippen LogP contribution in [0.3, 0.4) is 0 Å². The molecule has 0 spiro atoms. The summed E-state index contributed by atoms with van der Waals surface area (Å²) < 4.78 is 27.0. The summed E-state index contributed by atoms with van der Waals surface area (Å²) in [4.78, 5) is 13.8. The third-order valence-electron chi connectivity index (χ3n) is 3.76. The number of carbonyl (C=O) groups excluding carboxylic acids is 1. The molecule has 1 fully saturated rings. The lowest BCUT2D eigenvalue weighted by molar-refractivity contribution is -0.115. The van der Waals surface area contributed by atoms with E-state index in [0.29, 0.717) is 25.2 Å². The third-order valence-corrected chi connectivity index (χ3v) is 5.65. The molecule has 0 aliphatic carbocycles. The maximum atomic E-state index is 12.7. The Labute approximate surface area is 132 Å². The first kappa shape index (κ1) is 16.9. The summed E-state index contributed by atoms with van der Waals surface area (Å²) >= 11 is 0. The highest BCUT2D eigenvalue weighted by Crippen LogP contribution is 2.21. The second-order valence-electron chi connectivity index (χ2n) is 5.49. The Balaban J connectivity index is 2.21. The van der Waals surface area contributed by atoms with Gasteiger partial charge in [0.05, 0.1) is 4.90 Å². The van der Waals surface area contributed by atoms with Gasteiger partial charge in [-0.05, 0) is 38.2 Å². The maximum absolute atomic E-state index is 12.7. The molecule has 0 unspecified atom stereocenters. The van der Waals surface area contributed by atoms with E-state index in [2.05, 4.69) is 10.2 Å². The lowest BCUT2D eigenvalue weighted by Gasteiger charge is -2.20. The van der Waals surface area contributed by atoms with Gasteiger partial charge in [0, 0.05) is 31.7 Å². The molecule has 0 saturated carbocycles. The van der Waals surface area contributed by atoms with Crippen LogP contribution in [0.15, 0.2) is 29.2 Å². The van der Waals surface area contributed by atoms with Crippen molar-refractivity contribution < 1.29 is 13.2 Å². The fraction of sp³-hybridized carbons (Fsp3) is 0.533. The number of nitrogens with one attached hydrogen (secondary N) is 1. The van der Waals surface area contributed by atoms with Crippen molar-refractivity contribution in [3.05, 3.63) is 24.3 Å². The lowest BCUT2D eigenvalue weighted by Crippen LogP contribution is -2.34. The van der Waals surface area contributed by atoms with Crippen LogP contribution in [0.25, 0.3) is 0 Å². The van der Waals surface area contributed by atoms with Crippen molar-refractivity contribution in [3.63, 3.8) is 0 Å². The number of amides is 1. The molecule has 1 saturated heterocycles. The van der Waals surface area contributed by atoms with Gasteiger partial charge < -0.3 is 10.2 Å². The van der Waals surface area contributed by atoms with Gasteiger partial charge in [-0.2, -0.15) is 4.31 Å². The monoisotopic (exact) mass is 325 g/mol. The summed E-state index contributed by atoms with van der Waals surface area (Å²) in [6, 6.07) is 6.45. The molecule has 1 N–H and O–H groups in total. The second kappa shape index (κ2) is 7.21. The predicted molar refractivity (Wildman–Crippen MR) is 86.2 cm³/mol. The Kier molecular flexibility index (Phi) is 5.55. The molecule has 0 aromatic heterocycles. The maximum Gasteiger partial charge on any atom is 0.243 e. The van der Waals surface area contributed by atoms with Gasteiger partial charge in [-0.15, -0.1) is 0 Å². The van der Waals surface area contributed by atoms with Gasteiger partial charge in [-0.3, -0.25) is 4.79 Å². The first-order chi connectivity index (χ1) is 10.4. The van der Waals surface area contributed by atoms with E-state index in [1.54, 1.807) is 25.1 Å².